The van der Waals surface area contributed by atoms with Crippen LogP contribution in [0.3, 0.4) is 0 Å². The van der Waals surface area contributed by atoms with Gasteiger partial charge in [-0.15, -0.1) is 5.10 Å². The van der Waals surface area contributed by atoms with Crippen molar-refractivity contribution in [3.63, 3.8) is 0 Å². The average molecular weight is 367 g/mol. The van der Waals surface area contributed by atoms with Crippen LogP contribution in [0.5, 0.6) is 5.88 Å². The van der Waals surface area contributed by atoms with Gasteiger partial charge in [-0.05, 0) is 43.8 Å². The number of ether oxygens (including phenoxy) is 1. The smallest absolute Gasteiger partial charge is 0.233 e. The van der Waals surface area contributed by atoms with E-state index in [2.05, 4.69) is 15.6 Å². The summed E-state index contributed by atoms with van der Waals surface area (Å²) in [5, 5.41) is 11.5. The third-order valence-electron chi connectivity index (χ3n) is 3.34. The monoisotopic (exact) mass is 366 g/mol. The van der Waals surface area contributed by atoms with Crippen LogP contribution in [0, 0.1) is 5.82 Å². The molecule has 1 aromatic heterocycles. The first-order valence-corrected chi connectivity index (χ1v) is 7.98. The van der Waals surface area contributed by atoms with E-state index >= 15 is 0 Å². The van der Waals surface area contributed by atoms with E-state index in [1.165, 1.54) is 17.9 Å². The Bertz CT molecular complexity index is 774. The van der Waals surface area contributed by atoms with Gasteiger partial charge in [-0.3, -0.25) is 0 Å². The van der Waals surface area contributed by atoms with Crippen LogP contribution in [0.2, 0.25) is 5.02 Å². The number of hydrogen-bond donors (Lipinski definition) is 1. The summed E-state index contributed by atoms with van der Waals surface area (Å²) in [5.74, 6) is -0.0670. The standard InChI is InChI=1S/C17H20ClFN4O2/c1-12(15(11-20-2)22-24-3)7-9-25-17-6-8-23(21-17)16-5-4-13(18)10-14(16)19/h4-8,10,20H,9,11H2,1-3H3/b12-7-,22-15-. The third kappa shape index (κ3) is 5.30. The number of oxime groups is 1. The van der Waals surface area contributed by atoms with Gasteiger partial charge in [0.1, 0.15) is 25.2 Å². The molecule has 0 atom stereocenters. The lowest BCUT2D eigenvalue weighted by atomic mass is 10.2. The maximum absolute atomic E-state index is 13.9. The average Bonchev–Trinajstić information content (AvgIpc) is 3.03. The summed E-state index contributed by atoms with van der Waals surface area (Å²) in [6.07, 6.45) is 3.49. The molecule has 0 amide bonds. The third-order valence-corrected chi connectivity index (χ3v) is 3.58. The van der Waals surface area contributed by atoms with Gasteiger partial charge in [0.25, 0.3) is 0 Å². The number of nitrogens with one attached hydrogen (secondary N) is 1. The van der Waals surface area contributed by atoms with E-state index in [0.717, 1.165) is 11.3 Å². The second-order valence-electron chi connectivity index (χ2n) is 5.14. The summed E-state index contributed by atoms with van der Waals surface area (Å²) in [6.45, 7) is 2.80. The Balaban J connectivity index is 2.02. The molecule has 0 aliphatic rings. The summed E-state index contributed by atoms with van der Waals surface area (Å²) < 4.78 is 20.9. The van der Waals surface area contributed by atoms with Gasteiger partial charge in [-0.2, -0.15) is 0 Å². The van der Waals surface area contributed by atoms with Crippen molar-refractivity contribution < 1.29 is 14.0 Å². The maximum atomic E-state index is 13.9. The van der Waals surface area contributed by atoms with Gasteiger partial charge < -0.3 is 14.9 Å². The predicted octanol–water partition coefficient (Wildman–Crippen LogP) is 3.21. The van der Waals surface area contributed by atoms with Gasteiger partial charge in [0.2, 0.25) is 5.88 Å². The van der Waals surface area contributed by atoms with E-state index in [-0.39, 0.29) is 0 Å². The summed E-state index contributed by atoms with van der Waals surface area (Å²) in [5.41, 5.74) is 2.01. The van der Waals surface area contributed by atoms with Crippen LogP contribution < -0.4 is 10.1 Å². The second-order valence-corrected chi connectivity index (χ2v) is 5.58. The van der Waals surface area contributed by atoms with Crippen molar-refractivity contribution in [3.05, 3.63) is 53.0 Å². The molecule has 2 rings (SSSR count). The Morgan fingerprint density at radius 3 is 2.92 bits per heavy atom. The highest BCUT2D eigenvalue weighted by atomic mass is 35.5. The van der Waals surface area contributed by atoms with Gasteiger partial charge in [0, 0.05) is 23.8 Å². The highest BCUT2D eigenvalue weighted by Gasteiger charge is 2.08. The lowest BCUT2D eigenvalue weighted by Crippen LogP contribution is -2.20. The van der Waals surface area contributed by atoms with Crippen molar-refractivity contribution in [1.82, 2.24) is 15.1 Å². The van der Waals surface area contributed by atoms with Gasteiger partial charge in [0.05, 0.1) is 5.71 Å². The summed E-state index contributed by atoms with van der Waals surface area (Å²) in [6, 6.07) is 6.06. The van der Waals surface area contributed by atoms with Crippen LogP contribution >= 0.6 is 11.6 Å². The quantitative estimate of drug-likeness (QED) is 0.575. The minimum absolute atomic E-state index is 0.300. The number of rotatable bonds is 8. The SMILES string of the molecule is CNCC(=N/OC)/C(C)=C\COc1ccn(-c2ccc(Cl)cc2F)n1. The van der Waals surface area contributed by atoms with Crippen molar-refractivity contribution in [1.29, 1.82) is 0 Å². The molecule has 0 saturated heterocycles. The topological polar surface area (TPSA) is 60.7 Å². The molecule has 25 heavy (non-hydrogen) atoms. The van der Waals surface area contributed by atoms with Crippen molar-refractivity contribution in [2.75, 3.05) is 27.3 Å². The Kier molecular flexibility index (Phi) is 6.97. The van der Waals surface area contributed by atoms with Crippen LogP contribution in [0.15, 0.2) is 47.3 Å². The molecule has 0 spiro atoms. The molecular formula is C17H20ClFN4O2. The van der Waals surface area contributed by atoms with Crippen molar-refractivity contribution in [2.45, 2.75) is 6.92 Å². The summed E-state index contributed by atoms with van der Waals surface area (Å²) in [7, 11) is 3.33. The normalized spacial score (nSPS) is 12.4. The Morgan fingerprint density at radius 2 is 2.24 bits per heavy atom. The molecule has 6 nitrogen and oxygen atoms in total. The molecule has 0 unspecified atom stereocenters. The molecule has 134 valence electrons. The number of aromatic nitrogens is 2. The molecule has 0 radical (unpaired) electrons. The van der Waals surface area contributed by atoms with Crippen LogP contribution in [0.1, 0.15) is 6.92 Å². The molecule has 1 N–H and O–H groups in total. The largest absolute Gasteiger partial charge is 0.472 e. The number of halogens is 2. The fraction of sp³-hybridized carbons (Fsp3) is 0.294. The van der Waals surface area contributed by atoms with Crippen molar-refractivity contribution >= 4 is 17.3 Å². The van der Waals surface area contributed by atoms with E-state index in [0.29, 0.717) is 29.7 Å². The number of benzene rings is 1. The van der Waals surface area contributed by atoms with Crippen LogP contribution in [0.25, 0.3) is 5.69 Å². The van der Waals surface area contributed by atoms with Gasteiger partial charge in [-0.25, -0.2) is 9.07 Å². The Labute approximate surface area is 150 Å². The fourth-order valence-electron chi connectivity index (χ4n) is 2.08. The fourth-order valence-corrected chi connectivity index (χ4v) is 2.24. The first-order chi connectivity index (χ1) is 12.0. The molecule has 0 saturated carbocycles. The van der Waals surface area contributed by atoms with E-state index < -0.39 is 5.82 Å². The van der Waals surface area contributed by atoms with E-state index in [1.54, 1.807) is 24.4 Å². The van der Waals surface area contributed by atoms with E-state index in [1.807, 2.05) is 20.0 Å². The zero-order valence-electron chi connectivity index (χ0n) is 14.3. The highest BCUT2D eigenvalue weighted by molar-refractivity contribution is 6.30. The minimum Gasteiger partial charge on any atom is -0.472 e. The van der Waals surface area contributed by atoms with Crippen LogP contribution in [-0.2, 0) is 4.84 Å². The molecule has 2 aromatic rings. The minimum atomic E-state index is -0.453. The lowest BCUT2D eigenvalue weighted by molar-refractivity contribution is 0.213. The van der Waals surface area contributed by atoms with E-state index in [4.69, 9.17) is 21.2 Å². The second kappa shape index (κ2) is 9.19. The van der Waals surface area contributed by atoms with Crippen molar-refractivity contribution in [3.8, 4) is 11.6 Å². The molecule has 1 heterocycles. The molecule has 8 heteroatoms. The highest BCUT2D eigenvalue weighted by Crippen LogP contribution is 2.19. The van der Waals surface area contributed by atoms with Crippen LogP contribution in [0.4, 0.5) is 4.39 Å². The van der Waals surface area contributed by atoms with Gasteiger partial charge >= 0.3 is 0 Å². The maximum Gasteiger partial charge on any atom is 0.233 e. The van der Waals surface area contributed by atoms with Gasteiger partial charge in [0.15, 0.2) is 0 Å². The van der Waals surface area contributed by atoms with E-state index in [9.17, 15) is 4.39 Å². The zero-order valence-corrected chi connectivity index (χ0v) is 15.0. The zero-order chi connectivity index (χ0) is 18.2. The molecule has 0 fully saturated rings. The molecule has 0 bridgehead atoms. The first-order valence-electron chi connectivity index (χ1n) is 7.60. The number of hydrogen-bond acceptors (Lipinski definition) is 5. The molecule has 0 aliphatic heterocycles. The van der Waals surface area contributed by atoms with Crippen molar-refractivity contribution in [2.24, 2.45) is 5.16 Å². The summed E-state index contributed by atoms with van der Waals surface area (Å²) >= 11 is 5.75. The summed E-state index contributed by atoms with van der Waals surface area (Å²) in [4.78, 5) is 4.82. The van der Waals surface area contributed by atoms with Crippen LogP contribution in [-0.4, -0.2) is 42.8 Å². The Hall–Kier alpha value is -2.38. The predicted molar refractivity (Wildman–Crippen MR) is 96.2 cm³/mol. The lowest BCUT2D eigenvalue weighted by Gasteiger charge is -2.06. The number of nitrogens with zero attached hydrogens (tertiary/aromatic N) is 3. The first kappa shape index (κ1) is 19.0. The molecule has 1 aromatic carbocycles. The molecular weight excluding hydrogens is 347 g/mol. The van der Waals surface area contributed by atoms with Gasteiger partial charge in [-0.1, -0.05) is 16.8 Å². The molecule has 0 aliphatic carbocycles. The Morgan fingerprint density at radius 1 is 1.44 bits per heavy atom.